The molecule has 78 valence electrons. The molecule has 0 saturated heterocycles. The third kappa shape index (κ3) is 2.17. The molecule has 0 amide bonds. The van der Waals surface area contributed by atoms with Crippen LogP contribution < -0.4 is 5.32 Å². The van der Waals surface area contributed by atoms with Crippen LogP contribution in [-0.4, -0.2) is 7.05 Å². The van der Waals surface area contributed by atoms with Crippen molar-refractivity contribution in [2.45, 2.75) is 6.18 Å². The van der Waals surface area contributed by atoms with Crippen molar-refractivity contribution < 1.29 is 17.6 Å². The fourth-order valence-corrected chi connectivity index (χ4v) is 1.39. The Kier molecular flexibility index (Phi) is 3.04. The second-order valence-electron chi connectivity index (χ2n) is 2.57. The van der Waals surface area contributed by atoms with Gasteiger partial charge in [-0.05, 0) is 28.1 Å². The Morgan fingerprint density at radius 2 is 1.86 bits per heavy atom. The molecular weight excluding hydrogens is 266 g/mol. The van der Waals surface area contributed by atoms with Gasteiger partial charge in [-0.3, -0.25) is 0 Å². The minimum Gasteiger partial charge on any atom is -0.388 e. The van der Waals surface area contributed by atoms with Crippen LogP contribution in [0.15, 0.2) is 16.6 Å². The Morgan fingerprint density at radius 3 is 2.29 bits per heavy atom. The van der Waals surface area contributed by atoms with Crippen LogP contribution in [0.5, 0.6) is 0 Å². The highest BCUT2D eigenvalue weighted by Gasteiger charge is 2.34. The van der Waals surface area contributed by atoms with E-state index < -0.39 is 22.0 Å². The maximum atomic E-state index is 13.0. The smallest absolute Gasteiger partial charge is 0.388 e. The molecule has 0 bridgehead atoms. The maximum absolute atomic E-state index is 13.0. The summed E-state index contributed by atoms with van der Waals surface area (Å²) in [6, 6.07) is 1.83. The fraction of sp³-hybridized carbons (Fsp3) is 0.250. The lowest BCUT2D eigenvalue weighted by atomic mass is 10.2. The van der Waals surface area contributed by atoms with E-state index >= 15 is 0 Å². The highest BCUT2D eigenvalue weighted by molar-refractivity contribution is 9.10. The summed E-state index contributed by atoms with van der Waals surface area (Å²) in [5.74, 6) is -0.941. The Morgan fingerprint density at radius 1 is 1.29 bits per heavy atom. The molecule has 1 aromatic carbocycles. The van der Waals surface area contributed by atoms with Crippen molar-refractivity contribution in [2.24, 2.45) is 0 Å². The number of anilines is 1. The van der Waals surface area contributed by atoms with Gasteiger partial charge < -0.3 is 5.32 Å². The van der Waals surface area contributed by atoms with E-state index in [0.717, 1.165) is 12.1 Å². The van der Waals surface area contributed by atoms with E-state index in [4.69, 9.17) is 0 Å². The van der Waals surface area contributed by atoms with Gasteiger partial charge in [-0.15, -0.1) is 0 Å². The monoisotopic (exact) mass is 271 g/mol. The zero-order valence-electron chi connectivity index (χ0n) is 7.04. The van der Waals surface area contributed by atoms with Crippen molar-refractivity contribution in [2.75, 3.05) is 12.4 Å². The summed E-state index contributed by atoms with van der Waals surface area (Å²) < 4.78 is 49.4. The first-order chi connectivity index (χ1) is 6.36. The van der Waals surface area contributed by atoms with Gasteiger partial charge in [-0.25, -0.2) is 4.39 Å². The molecule has 0 fully saturated rings. The van der Waals surface area contributed by atoms with Crippen LogP contribution in [-0.2, 0) is 6.18 Å². The Labute approximate surface area is 86.2 Å². The van der Waals surface area contributed by atoms with E-state index in [0.29, 0.717) is 0 Å². The van der Waals surface area contributed by atoms with Crippen molar-refractivity contribution in [3.8, 4) is 0 Å². The topological polar surface area (TPSA) is 12.0 Å². The minimum absolute atomic E-state index is 0.0815. The Bertz CT molecular complexity index is 348. The highest BCUT2D eigenvalue weighted by Crippen LogP contribution is 2.37. The Balaban J connectivity index is 3.35. The molecule has 1 rings (SSSR count). The predicted octanol–water partition coefficient (Wildman–Crippen LogP) is 3.65. The Hall–Kier alpha value is -0.780. The quantitative estimate of drug-likeness (QED) is 0.769. The lowest BCUT2D eigenvalue weighted by Gasteiger charge is -2.11. The maximum Gasteiger partial charge on any atom is 0.417 e. The van der Waals surface area contributed by atoms with Crippen LogP contribution >= 0.6 is 15.9 Å². The SMILES string of the molecule is CNc1cc(F)c(Br)c(C(F)(F)F)c1. The fourth-order valence-electron chi connectivity index (χ4n) is 0.940. The minimum atomic E-state index is -4.56. The van der Waals surface area contributed by atoms with Gasteiger partial charge in [-0.2, -0.15) is 13.2 Å². The van der Waals surface area contributed by atoms with Crippen molar-refractivity contribution in [3.63, 3.8) is 0 Å². The largest absolute Gasteiger partial charge is 0.417 e. The summed E-state index contributed by atoms with van der Waals surface area (Å²) in [6.45, 7) is 0. The van der Waals surface area contributed by atoms with Crippen molar-refractivity contribution in [3.05, 3.63) is 28.0 Å². The summed E-state index contributed by atoms with van der Waals surface area (Å²) in [4.78, 5) is 0. The van der Waals surface area contributed by atoms with Gasteiger partial charge in [0, 0.05) is 12.7 Å². The van der Waals surface area contributed by atoms with E-state index in [9.17, 15) is 17.6 Å². The van der Waals surface area contributed by atoms with Gasteiger partial charge in [0.15, 0.2) is 0 Å². The van der Waals surface area contributed by atoms with Crippen molar-refractivity contribution in [1.29, 1.82) is 0 Å². The number of halogens is 5. The molecule has 6 heteroatoms. The summed E-state index contributed by atoms with van der Waals surface area (Å²) >= 11 is 2.56. The van der Waals surface area contributed by atoms with E-state index in [2.05, 4.69) is 21.2 Å². The van der Waals surface area contributed by atoms with Crippen molar-refractivity contribution >= 4 is 21.6 Å². The first kappa shape index (κ1) is 11.3. The van der Waals surface area contributed by atoms with Crippen molar-refractivity contribution in [1.82, 2.24) is 0 Å². The number of hydrogen-bond donors (Lipinski definition) is 1. The normalized spacial score (nSPS) is 11.6. The first-order valence-electron chi connectivity index (χ1n) is 3.60. The molecule has 0 saturated carbocycles. The van der Waals surface area contributed by atoms with E-state index in [1.165, 1.54) is 7.05 Å². The van der Waals surface area contributed by atoms with Gasteiger partial charge >= 0.3 is 6.18 Å². The van der Waals surface area contributed by atoms with Crippen LogP contribution in [0.25, 0.3) is 0 Å². The zero-order chi connectivity index (χ0) is 10.9. The molecule has 0 aliphatic carbocycles. The predicted molar refractivity (Wildman–Crippen MR) is 48.6 cm³/mol. The van der Waals surface area contributed by atoms with Crippen LogP contribution in [0.1, 0.15) is 5.56 Å². The van der Waals surface area contributed by atoms with Gasteiger partial charge in [0.1, 0.15) is 5.82 Å². The molecule has 0 heterocycles. The third-order valence-electron chi connectivity index (χ3n) is 1.62. The molecule has 0 aromatic heterocycles. The average molecular weight is 272 g/mol. The lowest BCUT2D eigenvalue weighted by molar-refractivity contribution is -0.138. The molecule has 0 atom stereocenters. The molecule has 0 unspecified atom stereocenters. The highest BCUT2D eigenvalue weighted by atomic mass is 79.9. The molecule has 0 aliphatic heterocycles. The molecule has 0 aliphatic rings. The second kappa shape index (κ2) is 3.76. The number of alkyl halides is 3. The summed E-state index contributed by atoms with van der Waals surface area (Å²) in [6.07, 6.45) is -4.56. The molecule has 1 aromatic rings. The lowest BCUT2D eigenvalue weighted by Crippen LogP contribution is -2.08. The molecule has 0 spiro atoms. The van der Waals surface area contributed by atoms with Crippen LogP contribution in [0.4, 0.5) is 23.2 Å². The number of benzene rings is 1. The summed E-state index contributed by atoms with van der Waals surface area (Å²) in [5.41, 5.74) is -0.945. The van der Waals surface area contributed by atoms with Gasteiger partial charge in [0.25, 0.3) is 0 Å². The molecule has 1 N–H and O–H groups in total. The van der Waals surface area contributed by atoms with E-state index in [1.54, 1.807) is 0 Å². The number of nitrogens with one attached hydrogen (secondary N) is 1. The average Bonchev–Trinajstić information content (AvgIpc) is 2.07. The standard InChI is InChI=1S/C8H6BrF4N/c1-14-4-2-5(8(11,12)13)7(9)6(10)3-4/h2-3,14H,1H3. The van der Waals surface area contributed by atoms with Crippen LogP contribution in [0.2, 0.25) is 0 Å². The van der Waals surface area contributed by atoms with Crippen LogP contribution in [0, 0.1) is 5.82 Å². The molecular formula is C8H6BrF4N. The molecule has 0 radical (unpaired) electrons. The summed E-state index contributed by atoms with van der Waals surface area (Å²) in [5, 5.41) is 2.45. The van der Waals surface area contributed by atoms with E-state index in [1.807, 2.05) is 0 Å². The van der Waals surface area contributed by atoms with Crippen LogP contribution in [0.3, 0.4) is 0 Å². The zero-order valence-corrected chi connectivity index (χ0v) is 8.63. The molecule has 14 heavy (non-hydrogen) atoms. The summed E-state index contributed by atoms with van der Waals surface area (Å²) in [7, 11) is 1.42. The number of rotatable bonds is 1. The third-order valence-corrected chi connectivity index (χ3v) is 2.43. The number of hydrogen-bond acceptors (Lipinski definition) is 1. The van der Waals surface area contributed by atoms with Gasteiger partial charge in [0.05, 0.1) is 10.0 Å². The molecule has 1 nitrogen and oxygen atoms in total. The van der Waals surface area contributed by atoms with Gasteiger partial charge in [-0.1, -0.05) is 0 Å². The van der Waals surface area contributed by atoms with Gasteiger partial charge in [0.2, 0.25) is 0 Å². The van der Waals surface area contributed by atoms with E-state index in [-0.39, 0.29) is 5.69 Å². The second-order valence-corrected chi connectivity index (χ2v) is 3.36. The first-order valence-corrected chi connectivity index (χ1v) is 4.39.